The summed E-state index contributed by atoms with van der Waals surface area (Å²) >= 11 is 0. The Kier molecular flexibility index (Phi) is 5.87. The highest BCUT2D eigenvalue weighted by Gasteiger charge is 2.29. The Hall–Kier alpha value is -3.44. The molecule has 0 spiro atoms. The summed E-state index contributed by atoms with van der Waals surface area (Å²) in [7, 11) is -3.59. The molecule has 1 aliphatic rings. The van der Waals surface area contributed by atoms with Crippen molar-refractivity contribution in [2.75, 3.05) is 36.4 Å². The number of nitrogens with zero attached hydrogens (tertiary/aromatic N) is 6. The van der Waals surface area contributed by atoms with Crippen molar-refractivity contribution in [2.24, 2.45) is 0 Å². The largest absolute Gasteiger partial charge is 0.353 e. The molecule has 31 heavy (non-hydrogen) atoms. The van der Waals surface area contributed by atoms with E-state index in [1.165, 1.54) is 22.8 Å². The van der Waals surface area contributed by atoms with Gasteiger partial charge in [0, 0.05) is 47.6 Å². The van der Waals surface area contributed by atoms with E-state index in [1.807, 2.05) is 4.90 Å². The molecular weight excluding hydrogens is 418 g/mol. The van der Waals surface area contributed by atoms with Gasteiger partial charge in [0.2, 0.25) is 10.0 Å². The summed E-state index contributed by atoms with van der Waals surface area (Å²) in [6.07, 6.45) is 6.07. The smallest absolute Gasteiger partial charge is 0.277 e. The van der Waals surface area contributed by atoms with Gasteiger partial charge < -0.3 is 10.2 Å². The van der Waals surface area contributed by atoms with Gasteiger partial charge in [-0.3, -0.25) is 14.8 Å². The minimum Gasteiger partial charge on any atom is -0.353 e. The summed E-state index contributed by atoms with van der Waals surface area (Å²) in [5.41, 5.74) is 0.698. The number of piperazine rings is 1. The van der Waals surface area contributed by atoms with Gasteiger partial charge in [-0.25, -0.2) is 18.4 Å². The van der Waals surface area contributed by atoms with Crippen LogP contribution in [0.4, 0.5) is 11.6 Å². The summed E-state index contributed by atoms with van der Waals surface area (Å²) in [5, 5.41) is 2.71. The standard InChI is InChI=1S/C20H21N7O3S.2H2/c1-15-19(20(28)24-17-6-2-3-8-22-17)25-18(14-23-15)26-9-11-27(12-10-26)31(29,30)16-5-4-7-21-13-16;;/h2-8,13-14H,9-12H2,1H3,(H,22,24,28);2*1H. The average Bonchev–Trinajstić information content (AvgIpc) is 2.80. The monoisotopic (exact) mass is 443 g/mol. The van der Waals surface area contributed by atoms with Crippen LogP contribution in [0.1, 0.15) is 19.0 Å². The lowest BCUT2D eigenvalue weighted by molar-refractivity contribution is 0.102. The van der Waals surface area contributed by atoms with Gasteiger partial charge in [-0.2, -0.15) is 4.31 Å². The Morgan fingerprint density at radius 1 is 1.03 bits per heavy atom. The van der Waals surface area contributed by atoms with Crippen molar-refractivity contribution in [1.29, 1.82) is 0 Å². The third-order valence-corrected chi connectivity index (χ3v) is 6.78. The van der Waals surface area contributed by atoms with Crippen molar-refractivity contribution in [3.05, 3.63) is 66.5 Å². The Balaban J connectivity index is 0.00000193. The van der Waals surface area contributed by atoms with E-state index in [1.54, 1.807) is 43.6 Å². The van der Waals surface area contributed by atoms with Gasteiger partial charge in [-0.15, -0.1) is 0 Å². The number of amides is 1. The van der Waals surface area contributed by atoms with E-state index in [9.17, 15) is 13.2 Å². The SMILES string of the molecule is Cc1ncc(N2CCN(S(=O)(=O)c3cccnc3)CC2)nc1C(=O)Nc1ccccn1.[HH].[HH]. The van der Waals surface area contributed by atoms with E-state index in [0.29, 0.717) is 43.5 Å². The highest BCUT2D eigenvalue weighted by molar-refractivity contribution is 7.89. The number of carbonyl (C=O) groups is 1. The first-order valence-electron chi connectivity index (χ1n) is 9.66. The van der Waals surface area contributed by atoms with Crippen LogP contribution in [0.15, 0.2) is 60.0 Å². The molecule has 0 aliphatic carbocycles. The fourth-order valence-corrected chi connectivity index (χ4v) is 4.61. The van der Waals surface area contributed by atoms with Gasteiger partial charge in [0.05, 0.1) is 11.9 Å². The predicted octanol–water partition coefficient (Wildman–Crippen LogP) is 1.83. The average molecular weight is 444 g/mol. The minimum absolute atomic E-state index is 0. The molecule has 0 aromatic carbocycles. The molecule has 1 aliphatic heterocycles. The van der Waals surface area contributed by atoms with Gasteiger partial charge in [0.15, 0.2) is 5.69 Å². The van der Waals surface area contributed by atoms with Crippen LogP contribution < -0.4 is 10.2 Å². The van der Waals surface area contributed by atoms with Gasteiger partial charge >= 0.3 is 0 Å². The first-order chi connectivity index (χ1) is 14.9. The summed E-state index contributed by atoms with van der Waals surface area (Å²) in [5.74, 6) is 0.548. The van der Waals surface area contributed by atoms with Crippen LogP contribution in [0.3, 0.4) is 0 Å². The van der Waals surface area contributed by atoms with Crippen molar-refractivity contribution in [3.63, 3.8) is 0 Å². The molecule has 0 atom stereocenters. The third kappa shape index (κ3) is 4.52. The van der Waals surface area contributed by atoms with Crippen molar-refractivity contribution in [2.45, 2.75) is 11.8 Å². The fourth-order valence-electron chi connectivity index (χ4n) is 3.23. The van der Waals surface area contributed by atoms with Gasteiger partial charge in [-0.05, 0) is 31.2 Å². The lowest BCUT2D eigenvalue weighted by atomic mass is 10.3. The molecule has 164 valence electrons. The van der Waals surface area contributed by atoms with Crippen LogP contribution >= 0.6 is 0 Å². The lowest BCUT2D eigenvalue weighted by Crippen LogP contribution is -2.49. The van der Waals surface area contributed by atoms with Crippen molar-refractivity contribution in [3.8, 4) is 0 Å². The quantitative estimate of drug-likeness (QED) is 0.634. The lowest BCUT2D eigenvalue weighted by Gasteiger charge is -2.34. The normalized spacial score (nSPS) is 14.9. The number of aryl methyl sites for hydroxylation is 1. The van der Waals surface area contributed by atoms with Gasteiger partial charge in [0.1, 0.15) is 16.5 Å². The zero-order valence-electron chi connectivity index (χ0n) is 16.8. The zero-order chi connectivity index (χ0) is 21.8. The molecule has 11 heteroatoms. The van der Waals surface area contributed by atoms with Gasteiger partial charge in [-0.1, -0.05) is 6.07 Å². The van der Waals surface area contributed by atoms with E-state index < -0.39 is 15.9 Å². The molecule has 0 radical (unpaired) electrons. The predicted molar refractivity (Wildman–Crippen MR) is 118 cm³/mol. The summed E-state index contributed by atoms with van der Waals surface area (Å²) in [4.78, 5) is 31.5. The number of hydrogen-bond acceptors (Lipinski definition) is 8. The van der Waals surface area contributed by atoms with Crippen molar-refractivity contribution in [1.82, 2.24) is 24.2 Å². The molecule has 3 aromatic heterocycles. The van der Waals surface area contributed by atoms with Gasteiger partial charge in [0.25, 0.3) is 5.91 Å². The highest BCUT2D eigenvalue weighted by Crippen LogP contribution is 2.20. The summed E-state index contributed by atoms with van der Waals surface area (Å²) in [6.45, 7) is 3.16. The Morgan fingerprint density at radius 2 is 1.84 bits per heavy atom. The molecule has 3 aromatic rings. The molecule has 1 amide bonds. The molecular formula is C20H25N7O3S. The molecule has 0 bridgehead atoms. The molecule has 0 unspecified atom stereocenters. The number of carbonyl (C=O) groups excluding carboxylic acids is 1. The highest BCUT2D eigenvalue weighted by atomic mass is 32.2. The van der Waals surface area contributed by atoms with E-state index in [4.69, 9.17) is 0 Å². The number of aromatic nitrogens is 4. The molecule has 1 saturated heterocycles. The van der Waals surface area contributed by atoms with Crippen LogP contribution in [-0.4, -0.2) is 64.7 Å². The number of rotatable bonds is 5. The van der Waals surface area contributed by atoms with Crippen molar-refractivity contribution >= 4 is 27.6 Å². The second-order valence-electron chi connectivity index (χ2n) is 6.91. The number of pyridine rings is 2. The second-order valence-corrected chi connectivity index (χ2v) is 8.85. The molecule has 4 rings (SSSR count). The molecule has 1 fully saturated rings. The number of sulfonamides is 1. The third-order valence-electron chi connectivity index (χ3n) is 4.90. The summed E-state index contributed by atoms with van der Waals surface area (Å²) in [6, 6.07) is 8.35. The van der Waals surface area contributed by atoms with E-state index >= 15 is 0 Å². The maximum atomic E-state index is 12.8. The van der Waals surface area contributed by atoms with Crippen LogP contribution in [0.5, 0.6) is 0 Å². The number of hydrogen-bond donors (Lipinski definition) is 1. The first kappa shape index (κ1) is 20.8. The van der Waals surface area contributed by atoms with Crippen LogP contribution in [0, 0.1) is 6.92 Å². The van der Waals surface area contributed by atoms with E-state index in [2.05, 4.69) is 25.3 Å². The van der Waals surface area contributed by atoms with E-state index in [-0.39, 0.29) is 13.4 Å². The van der Waals surface area contributed by atoms with Crippen molar-refractivity contribution < 1.29 is 16.1 Å². The second kappa shape index (κ2) is 8.74. The Bertz CT molecular complexity index is 1180. The Labute approximate surface area is 183 Å². The van der Waals surface area contributed by atoms with Crippen LogP contribution in [0.2, 0.25) is 0 Å². The number of nitrogens with one attached hydrogen (secondary N) is 1. The van der Waals surface area contributed by atoms with Crippen LogP contribution in [0.25, 0.3) is 0 Å². The molecule has 1 N–H and O–H groups in total. The Morgan fingerprint density at radius 3 is 2.52 bits per heavy atom. The molecule has 0 saturated carbocycles. The fraction of sp³-hybridized carbons (Fsp3) is 0.250. The zero-order valence-corrected chi connectivity index (χ0v) is 17.7. The van der Waals surface area contributed by atoms with E-state index in [0.717, 1.165) is 0 Å². The maximum Gasteiger partial charge on any atom is 0.277 e. The number of anilines is 2. The first-order valence-corrected chi connectivity index (χ1v) is 11.1. The maximum absolute atomic E-state index is 12.8. The summed E-state index contributed by atoms with van der Waals surface area (Å²) < 4.78 is 27.0. The minimum atomic E-state index is -3.59. The molecule has 10 nitrogen and oxygen atoms in total. The topological polar surface area (TPSA) is 121 Å². The van der Waals surface area contributed by atoms with Crippen LogP contribution in [-0.2, 0) is 10.0 Å². The molecule has 4 heterocycles.